The number of carbonyl (C=O) groups excluding carboxylic acids is 2. The van der Waals surface area contributed by atoms with Crippen molar-refractivity contribution in [2.45, 2.75) is 19.4 Å². The number of halogens is 1. The highest BCUT2D eigenvalue weighted by molar-refractivity contribution is 7.92. The van der Waals surface area contributed by atoms with Crippen LogP contribution in [0.3, 0.4) is 0 Å². The standard InChI is InChI=1S/C22H28ClN3O5S/c1-16(22(28)24-2)25(13-12-17-8-6-5-7-9-17)21(27)15-26(32(4,29)30)18-10-11-20(31-3)19(23)14-18/h5-11,14,16H,12-13,15H2,1-4H3,(H,24,28)/t16-/m0/s1. The Morgan fingerprint density at radius 1 is 1.16 bits per heavy atom. The van der Waals surface area contributed by atoms with Crippen molar-refractivity contribution in [2.75, 3.05) is 37.8 Å². The van der Waals surface area contributed by atoms with Gasteiger partial charge in [-0.05, 0) is 37.1 Å². The first-order chi connectivity index (χ1) is 15.1. The van der Waals surface area contributed by atoms with E-state index in [9.17, 15) is 18.0 Å². The Kier molecular flexibility index (Phi) is 8.91. The molecule has 0 saturated carbocycles. The van der Waals surface area contributed by atoms with Crippen LogP contribution in [0.5, 0.6) is 5.75 Å². The molecule has 0 aromatic heterocycles. The third-order valence-corrected chi connectivity index (χ3v) is 6.44. The van der Waals surface area contributed by atoms with Crippen molar-refractivity contribution >= 4 is 39.1 Å². The highest BCUT2D eigenvalue weighted by Crippen LogP contribution is 2.30. The molecule has 8 nitrogen and oxygen atoms in total. The Hall–Kier alpha value is -2.78. The summed E-state index contributed by atoms with van der Waals surface area (Å²) in [6.45, 7) is 1.38. The summed E-state index contributed by atoms with van der Waals surface area (Å²) in [5.74, 6) is -0.466. The van der Waals surface area contributed by atoms with Crippen molar-refractivity contribution < 1.29 is 22.7 Å². The molecule has 2 rings (SSSR count). The molecular weight excluding hydrogens is 454 g/mol. The van der Waals surface area contributed by atoms with E-state index in [-0.39, 0.29) is 23.2 Å². The molecule has 10 heteroatoms. The number of rotatable bonds is 10. The van der Waals surface area contributed by atoms with Crippen LogP contribution in [0.4, 0.5) is 5.69 Å². The number of methoxy groups -OCH3 is 1. The van der Waals surface area contributed by atoms with Gasteiger partial charge < -0.3 is 15.0 Å². The summed E-state index contributed by atoms with van der Waals surface area (Å²) in [7, 11) is -0.881. The Morgan fingerprint density at radius 2 is 1.81 bits per heavy atom. The lowest BCUT2D eigenvalue weighted by atomic mass is 10.1. The van der Waals surface area contributed by atoms with E-state index in [1.165, 1.54) is 37.3 Å². The van der Waals surface area contributed by atoms with Crippen LogP contribution >= 0.6 is 11.6 Å². The average molecular weight is 482 g/mol. The third-order valence-electron chi connectivity index (χ3n) is 5.00. The number of ether oxygens (including phenoxy) is 1. The molecule has 0 unspecified atom stereocenters. The highest BCUT2D eigenvalue weighted by Gasteiger charge is 2.29. The number of anilines is 1. The van der Waals surface area contributed by atoms with E-state index in [0.717, 1.165) is 16.1 Å². The summed E-state index contributed by atoms with van der Waals surface area (Å²) in [5.41, 5.74) is 1.22. The van der Waals surface area contributed by atoms with Gasteiger partial charge in [0.2, 0.25) is 21.8 Å². The van der Waals surface area contributed by atoms with Crippen LogP contribution in [0.1, 0.15) is 12.5 Å². The summed E-state index contributed by atoms with van der Waals surface area (Å²) in [4.78, 5) is 26.9. The van der Waals surface area contributed by atoms with Crippen LogP contribution in [0, 0.1) is 0 Å². The van der Waals surface area contributed by atoms with Crippen molar-refractivity contribution in [3.8, 4) is 5.75 Å². The molecule has 0 aliphatic heterocycles. The van der Waals surface area contributed by atoms with Crippen LogP contribution in [-0.2, 0) is 26.0 Å². The van der Waals surface area contributed by atoms with E-state index >= 15 is 0 Å². The number of likely N-dealkylation sites (N-methyl/N-ethyl adjacent to an activating group) is 1. The summed E-state index contributed by atoms with van der Waals surface area (Å²) in [6.07, 6.45) is 1.52. The van der Waals surface area contributed by atoms with Gasteiger partial charge in [0.1, 0.15) is 18.3 Å². The van der Waals surface area contributed by atoms with Gasteiger partial charge in [-0.3, -0.25) is 13.9 Å². The van der Waals surface area contributed by atoms with E-state index in [0.29, 0.717) is 12.2 Å². The summed E-state index contributed by atoms with van der Waals surface area (Å²) in [5, 5.41) is 2.75. The number of amides is 2. The van der Waals surface area contributed by atoms with E-state index < -0.39 is 28.5 Å². The van der Waals surface area contributed by atoms with E-state index in [1.54, 1.807) is 6.92 Å². The fourth-order valence-corrected chi connectivity index (χ4v) is 4.30. The maximum atomic E-state index is 13.2. The first kappa shape index (κ1) is 25.5. The van der Waals surface area contributed by atoms with Gasteiger partial charge >= 0.3 is 0 Å². The van der Waals surface area contributed by atoms with Crippen molar-refractivity contribution in [1.29, 1.82) is 0 Å². The molecular formula is C22H28ClN3O5S. The molecule has 174 valence electrons. The number of hydrogen-bond acceptors (Lipinski definition) is 5. The van der Waals surface area contributed by atoms with Crippen molar-refractivity contribution in [2.24, 2.45) is 0 Å². The molecule has 1 N–H and O–H groups in total. The van der Waals surface area contributed by atoms with E-state index in [1.807, 2.05) is 30.3 Å². The number of nitrogens with zero attached hydrogens (tertiary/aromatic N) is 2. The van der Waals surface area contributed by atoms with Gasteiger partial charge in [0.15, 0.2) is 0 Å². The molecule has 0 saturated heterocycles. The Balaban J connectivity index is 2.32. The molecule has 2 amide bonds. The monoisotopic (exact) mass is 481 g/mol. The van der Waals surface area contributed by atoms with Gasteiger partial charge in [-0.15, -0.1) is 0 Å². The predicted octanol–water partition coefficient (Wildman–Crippen LogP) is 2.32. The van der Waals surface area contributed by atoms with E-state index in [2.05, 4.69) is 5.32 Å². The molecule has 0 radical (unpaired) electrons. The zero-order chi connectivity index (χ0) is 23.9. The fraction of sp³-hybridized carbons (Fsp3) is 0.364. The summed E-state index contributed by atoms with van der Waals surface area (Å²) < 4.78 is 31.1. The first-order valence-corrected chi connectivity index (χ1v) is 12.2. The van der Waals surface area contributed by atoms with Gasteiger partial charge in [-0.25, -0.2) is 8.42 Å². The first-order valence-electron chi connectivity index (χ1n) is 9.94. The molecule has 2 aromatic rings. The second kappa shape index (κ2) is 11.2. The lowest BCUT2D eigenvalue weighted by Gasteiger charge is -2.31. The molecule has 0 aliphatic carbocycles. The number of hydrogen-bond donors (Lipinski definition) is 1. The smallest absolute Gasteiger partial charge is 0.244 e. The second-order valence-corrected chi connectivity index (χ2v) is 9.52. The van der Waals surface area contributed by atoms with Crippen LogP contribution < -0.4 is 14.4 Å². The largest absolute Gasteiger partial charge is 0.495 e. The topological polar surface area (TPSA) is 96.0 Å². The Labute approximate surface area is 194 Å². The molecule has 2 aromatic carbocycles. The SMILES string of the molecule is CNC(=O)[C@H](C)N(CCc1ccccc1)C(=O)CN(c1ccc(OC)c(Cl)c1)S(C)(=O)=O. The number of carbonyl (C=O) groups is 2. The lowest BCUT2D eigenvalue weighted by Crippen LogP contribution is -2.51. The Bertz CT molecular complexity index is 1050. The molecule has 1 atom stereocenters. The van der Waals surface area contributed by atoms with Gasteiger partial charge in [0, 0.05) is 13.6 Å². The zero-order valence-corrected chi connectivity index (χ0v) is 20.1. The molecule has 0 aliphatic rings. The van der Waals surface area contributed by atoms with Crippen molar-refractivity contribution in [3.63, 3.8) is 0 Å². The maximum Gasteiger partial charge on any atom is 0.244 e. The molecule has 32 heavy (non-hydrogen) atoms. The molecule has 0 heterocycles. The highest BCUT2D eigenvalue weighted by atomic mass is 35.5. The van der Waals surface area contributed by atoms with Crippen LogP contribution in [0.15, 0.2) is 48.5 Å². The second-order valence-electron chi connectivity index (χ2n) is 7.20. The summed E-state index contributed by atoms with van der Waals surface area (Å²) in [6, 6.07) is 13.2. The Morgan fingerprint density at radius 3 is 2.34 bits per heavy atom. The minimum Gasteiger partial charge on any atom is -0.495 e. The van der Waals surface area contributed by atoms with Gasteiger partial charge in [-0.2, -0.15) is 0 Å². The average Bonchev–Trinajstić information content (AvgIpc) is 2.76. The maximum absolute atomic E-state index is 13.2. The fourth-order valence-electron chi connectivity index (χ4n) is 3.20. The molecule has 0 spiro atoms. The lowest BCUT2D eigenvalue weighted by molar-refractivity contribution is -0.138. The summed E-state index contributed by atoms with van der Waals surface area (Å²) >= 11 is 6.16. The van der Waals surface area contributed by atoms with Crippen LogP contribution in [0.2, 0.25) is 5.02 Å². The zero-order valence-electron chi connectivity index (χ0n) is 18.5. The quantitative estimate of drug-likeness (QED) is 0.561. The van der Waals surface area contributed by atoms with Crippen LogP contribution in [0.25, 0.3) is 0 Å². The van der Waals surface area contributed by atoms with Crippen LogP contribution in [-0.4, -0.2) is 64.7 Å². The minimum absolute atomic E-state index is 0.214. The van der Waals surface area contributed by atoms with E-state index in [4.69, 9.17) is 16.3 Å². The number of sulfonamides is 1. The minimum atomic E-state index is -3.82. The number of nitrogens with one attached hydrogen (secondary N) is 1. The van der Waals surface area contributed by atoms with Crippen molar-refractivity contribution in [1.82, 2.24) is 10.2 Å². The number of benzene rings is 2. The third kappa shape index (κ3) is 6.61. The van der Waals surface area contributed by atoms with Gasteiger partial charge in [-0.1, -0.05) is 41.9 Å². The normalized spacial score (nSPS) is 12.0. The van der Waals surface area contributed by atoms with Gasteiger partial charge in [0.05, 0.1) is 24.1 Å². The van der Waals surface area contributed by atoms with Gasteiger partial charge in [0.25, 0.3) is 0 Å². The molecule has 0 fully saturated rings. The van der Waals surface area contributed by atoms with Crippen molar-refractivity contribution in [3.05, 3.63) is 59.1 Å². The molecule has 0 bridgehead atoms. The predicted molar refractivity (Wildman–Crippen MR) is 126 cm³/mol.